The number of aromatic hydroxyl groups is 1. The topological polar surface area (TPSA) is 107 Å². The number of pyridine rings is 1. The summed E-state index contributed by atoms with van der Waals surface area (Å²) in [5, 5.41) is 23.2. The van der Waals surface area contributed by atoms with Crippen LogP contribution in [0.3, 0.4) is 0 Å². The second-order valence-corrected chi connectivity index (χ2v) is 7.04. The molecule has 3 rings (SSSR count). The van der Waals surface area contributed by atoms with Crippen molar-refractivity contribution in [3.8, 4) is 17.0 Å². The summed E-state index contributed by atoms with van der Waals surface area (Å²) in [7, 11) is 1.84. The van der Waals surface area contributed by atoms with Gasteiger partial charge in [0.05, 0.1) is 11.7 Å². The van der Waals surface area contributed by atoms with E-state index in [0.29, 0.717) is 23.2 Å². The first-order valence-electron chi connectivity index (χ1n) is 9.47. The molecule has 0 radical (unpaired) electrons. The van der Waals surface area contributed by atoms with Crippen LogP contribution in [0, 0.1) is 0 Å². The molecule has 0 amide bonds. The Labute approximate surface area is 171 Å². The molecule has 0 saturated heterocycles. The van der Waals surface area contributed by atoms with Crippen LogP contribution in [-0.4, -0.2) is 45.1 Å². The van der Waals surface area contributed by atoms with E-state index in [1.54, 1.807) is 13.0 Å². The van der Waals surface area contributed by atoms with Crippen molar-refractivity contribution in [1.29, 1.82) is 0 Å². The number of H-pyrrole nitrogens is 1. The van der Waals surface area contributed by atoms with Gasteiger partial charge < -0.3 is 25.1 Å². The zero-order valence-corrected chi connectivity index (χ0v) is 16.6. The van der Waals surface area contributed by atoms with Gasteiger partial charge in [-0.1, -0.05) is 13.0 Å². The molecule has 0 aliphatic heterocycles. The molecule has 160 valence electrons. The van der Waals surface area contributed by atoms with Gasteiger partial charge in [0.25, 0.3) is 5.56 Å². The van der Waals surface area contributed by atoms with Gasteiger partial charge in [0.2, 0.25) is 0 Å². The Morgan fingerprint density at radius 1 is 1.27 bits per heavy atom. The molecule has 0 atom stereocenters. The zero-order chi connectivity index (χ0) is 22.0. The number of aryl methyl sites for hydroxylation is 1. The van der Waals surface area contributed by atoms with Crippen LogP contribution in [0.1, 0.15) is 28.5 Å². The average molecular weight is 419 g/mol. The predicted molar refractivity (Wildman–Crippen MR) is 110 cm³/mol. The molecule has 0 bridgehead atoms. The van der Waals surface area contributed by atoms with E-state index in [0.717, 1.165) is 16.6 Å². The summed E-state index contributed by atoms with van der Waals surface area (Å²) in [5.41, 5.74) is 1.43. The van der Waals surface area contributed by atoms with Gasteiger partial charge in [-0.05, 0) is 30.2 Å². The zero-order valence-electron chi connectivity index (χ0n) is 16.6. The molecule has 0 aliphatic rings. The van der Waals surface area contributed by atoms with Gasteiger partial charge in [-0.15, -0.1) is 0 Å². The molecule has 0 aliphatic carbocycles. The molecule has 9 heteroatoms. The molecule has 1 aromatic carbocycles. The number of nitrogens with zero attached hydrogens (tertiary/aromatic N) is 1. The molecule has 7 nitrogen and oxygen atoms in total. The Bertz CT molecular complexity index is 1150. The van der Waals surface area contributed by atoms with Gasteiger partial charge >= 0.3 is 5.97 Å². The fraction of sp³-hybridized carbons (Fsp3) is 0.333. The summed E-state index contributed by atoms with van der Waals surface area (Å²) in [5.74, 6) is -2.03. The summed E-state index contributed by atoms with van der Waals surface area (Å²) < 4.78 is 27.3. The van der Waals surface area contributed by atoms with E-state index in [9.17, 15) is 28.6 Å². The average Bonchev–Trinajstić information content (AvgIpc) is 3.03. The minimum absolute atomic E-state index is 0.282. The van der Waals surface area contributed by atoms with Crippen LogP contribution < -0.4 is 10.9 Å². The standard InChI is InChI=1S/C21H23F2N3O4/c1-3-15-18(25-20(28)17(19(15)27)21(29)30)11-4-5-16-12(6-11)7-14(26(16)2)10-24-13(8-22)9-23/h4-7,13,24H,3,8-10H2,1-2H3,(H,29,30)(H2,25,27,28). The third-order valence-electron chi connectivity index (χ3n) is 5.23. The molecule has 0 unspecified atom stereocenters. The molecular weight excluding hydrogens is 396 g/mol. The Balaban J connectivity index is 2.06. The quantitative estimate of drug-likeness (QED) is 0.449. The fourth-order valence-corrected chi connectivity index (χ4v) is 3.55. The summed E-state index contributed by atoms with van der Waals surface area (Å²) in [6, 6.07) is 6.41. The first-order valence-corrected chi connectivity index (χ1v) is 9.47. The molecular formula is C21H23F2N3O4. The first kappa shape index (κ1) is 21.5. The van der Waals surface area contributed by atoms with Gasteiger partial charge in [-0.2, -0.15) is 0 Å². The second-order valence-electron chi connectivity index (χ2n) is 7.04. The number of nitrogens with one attached hydrogen (secondary N) is 2. The maximum absolute atomic E-state index is 12.7. The number of fused-ring (bicyclic) bond motifs is 1. The molecule has 0 fully saturated rings. The van der Waals surface area contributed by atoms with Crippen molar-refractivity contribution < 1.29 is 23.8 Å². The Hall–Kier alpha value is -3.20. The number of aromatic nitrogens is 2. The number of rotatable bonds is 8. The van der Waals surface area contributed by atoms with E-state index in [-0.39, 0.29) is 6.54 Å². The maximum atomic E-state index is 12.7. The molecule has 0 saturated carbocycles. The lowest BCUT2D eigenvalue weighted by Crippen LogP contribution is -2.32. The second kappa shape index (κ2) is 8.66. The minimum Gasteiger partial charge on any atom is -0.506 e. The van der Waals surface area contributed by atoms with E-state index in [4.69, 9.17) is 0 Å². The summed E-state index contributed by atoms with van der Waals surface area (Å²) >= 11 is 0. The Kier molecular flexibility index (Phi) is 6.21. The van der Waals surface area contributed by atoms with Gasteiger partial charge in [-0.25, -0.2) is 13.6 Å². The highest BCUT2D eigenvalue weighted by molar-refractivity contribution is 5.92. The van der Waals surface area contributed by atoms with E-state index in [1.807, 2.05) is 29.8 Å². The number of hydrogen-bond acceptors (Lipinski definition) is 4. The number of alkyl halides is 2. The van der Waals surface area contributed by atoms with Gasteiger partial charge in [0, 0.05) is 35.8 Å². The fourth-order valence-electron chi connectivity index (χ4n) is 3.55. The monoisotopic (exact) mass is 419 g/mol. The van der Waals surface area contributed by atoms with Gasteiger partial charge in [0.15, 0.2) is 5.56 Å². The van der Waals surface area contributed by atoms with E-state index in [2.05, 4.69) is 10.3 Å². The summed E-state index contributed by atoms with van der Waals surface area (Å²) in [4.78, 5) is 26.1. The van der Waals surface area contributed by atoms with Crippen molar-refractivity contribution in [3.63, 3.8) is 0 Å². The van der Waals surface area contributed by atoms with Crippen LogP contribution in [0.25, 0.3) is 22.2 Å². The molecule has 3 aromatic rings. The smallest absolute Gasteiger partial charge is 0.345 e. The minimum atomic E-state index is -1.49. The normalized spacial score (nSPS) is 11.5. The van der Waals surface area contributed by atoms with Crippen molar-refractivity contribution in [1.82, 2.24) is 14.9 Å². The SMILES string of the molecule is CCc1c(-c2ccc3c(c2)cc(CNC(CF)CF)n3C)[nH]c(=O)c(C(=O)O)c1O. The number of hydrogen-bond donors (Lipinski definition) is 4. The van der Waals surface area contributed by atoms with E-state index in [1.165, 1.54) is 0 Å². The molecule has 2 aromatic heterocycles. The van der Waals surface area contributed by atoms with Crippen LogP contribution in [0.5, 0.6) is 5.75 Å². The highest BCUT2D eigenvalue weighted by Crippen LogP contribution is 2.32. The van der Waals surface area contributed by atoms with Crippen LogP contribution in [0.2, 0.25) is 0 Å². The Morgan fingerprint density at radius 3 is 2.57 bits per heavy atom. The number of carboxylic acid groups (broad SMARTS) is 1. The van der Waals surface area contributed by atoms with Crippen molar-refractivity contribution in [2.24, 2.45) is 7.05 Å². The number of aromatic amines is 1. The number of halogens is 2. The third-order valence-corrected chi connectivity index (χ3v) is 5.23. The number of benzene rings is 1. The van der Waals surface area contributed by atoms with Crippen molar-refractivity contribution in [2.45, 2.75) is 25.9 Å². The molecule has 4 N–H and O–H groups in total. The Morgan fingerprint density at radius 2 is 1.97 bits per heavy atom. The van der Waals surface area contributed by atoms with Crippen molar-refractivity contribution >= 4 is 16.9 Å². The van der Waals surface area contributed by atoms with Crippen molar-refractivity contribution in [3.05, 3.63) is 51.4 Å². The highest BCUT2D eigenvalue weighted by atomic mass is 19.1. The van der Waals surface area contributed by atoms with Gasteiger partial charge in [-0.3, -0.25) is 4.79 Å². The first-order chi connectivity index (χ1) is 14.3. The summed E-state index contributed by atoms with van der Waals surface area (Å²) in [6.45, 7) is 0.435. The van der Waals surface area contributed by atoms with Crippen LogP contribution in [0.4, 0.5) is 8.78 Å². The van der Waals surface area contributed by atoms with Crippen LogP contribution in [0.15, 0.2) is 29.1 Å². The third kappa shape index (κ3) is 3.80. The lowest BCUT2D eigenvalue weighted by Gasteiger charge is -2.12. The lowest BCUT2D eigenvalue weighted by atomic mass is 9.99. The predicted octanol–water partition coefficient (Wildman–Crippen LogP) is 2.90. The highest BCUT2D eigenvalue weighted by Gasteiger charge is 2.22. The molecule has 30 heavy (non-hydrogen) atoms. The lowest BCUT2D eigenvalue weighted by molar-refractivity contribution is 0.0691. The van der Waals surface area contributed by atoms with Gasteiger partial charge in [0.1, 0.15) is 19.1 Å². The number of aromatic carboxylic acids is 1. The maximum Gasteiger partial charge on any atom is 0.345 e. The summed E-state index contributed by atoms with van der Waals surface area (Å²) in [6.07, 6.45) is 0.314. The largest absolute Gasteiger partial charge is 0.506 e. The van der Waals surface area contributed by atoms with E-state index < -0.39 is 42.2 Å². The van der Waals surface area contributed by atoms with E-state index >= 15 is 0 Å². The van der Waals surface area contributed by atoms with Crippen LogP contribution >= 0.6 is 0 Å². The van der Waals surface area contributed by atoms with Crippen molar-refractivity contribution in [2.75, 3.05) is 13.3 Å². The molecule has 0 spiro atoms. The molecule has 2 heterocycles. The number of carboxylic acids is 1. The number of carbonyl (C=O) groups is 1. The van der Waals surface area contributed by atoms with Crippen LogP contribution in [-0.2, 0) is 20.0 Å².